The molecule has 9 heteroatoms. The van der Waals surface area contributed by atoms with E-state index in [4.69, 9.17) is 0 Å². The van der Waals surface area contributed by atoms with Gasteiger partial charge in [0, 0.05) is 26.2 Å². The number of aromatic nitrogens is 2. The van der Waals surface area contributed by atoms with Gasteiger partial charge in [-0.05, 0) is 48.9 Å². The van der Waals surface area contributed by atoms with Crippen LogP contribution in [0.15, 0.2) is 29.1 Å². The summed E-state index contributed by atoms with van der Waals surface area (Å²) in [5.41, 5.74) is 0.131. The summed E-state index contributed by atoms with van der Waals surface area (Å²) in [6.45, 7) is 0.961. The number of anilines is 1. The van der Waals surface area contributed by atoms with E-state index >= 15 is 0 Å². The minimum absolute atomic E-state index is 0.147. The van der Waals surface area contributed by atoms with Gasteiger partial charge in [-0.25, -0.2) is 22.6 Å². The van der Waals surface area contributed by atoms with Crippen LogP contribution in [-0.4, -0.2) is 33.8 Å². The maximum Gasteiger partial charge on any atom is 0.323 e. The number of amides is 2. The van der Waals surface area contributed by atoms with Gasteiger partial charge in [0.15, 0.2) is 23.3 Å². The highest BCUT2D eigenvalue weighted by Gasteiger charge is 2.24. The predicted octanol–water partition coefficient (Wildman–Crippen LogP) is 2.68. The number of halogens is 3. The van der Waals surface area contributed by atoms with E-state index < -0.39 is 17.5 Å². The van der Waals surface area contributed by atoms with Crippen LogP contribution in [0.5, 0.6) is 0 Å². The summed E-state index contributed by atoms with van der Waals surface area (Å²) in [5.74, 6) is -3.41. The van der Waals surface area contributed by atoms with Crippen LogP contribution >= 0.6 is 0 Å². The number of hydrogen-bond donors (Lipinski definition) is 1. The van der Waals surface area contributed by atoms with E-state index in [0.29, 0.717) is 37.9 Å². The number of rotatable bonds is 3. The zero-order valence-electron chi connectivity index (χ0n) is 14.7. The highest BCUT2D eigenvalue weighted by Crippen LogP contribution is 2.24. The molecule has 0 spiro atoms. The Balaban J connectivity index is 1.54. The third-order valence-electron chi connectivity index (χ3n) is 4.67. The summed E-state index contributed by atoms with van der Waals surface area (Å²) in [7, 11) is 1.49. The van der Waals surface area contributed by atoms with E-state index in [0.717, 1.165) is 16.8 Å². The molecule has 1 fully saturated rings. The lowest BCUT2D eigenvalue weighted by Gasteiger charge is -2.32. The summed E-state index contributed by atoms with van der Waals surface area (Å²) in [6.07, 6.45) is 1.75. The molecule has 0 saturated carbocycles. The van der Waals surface area contributed by atoms with Crippen molar-refractivity contribution in [3.63, 3.8) is 0 Å². The second kappa shape index (κ2) is 7.81. The van der Waals surface area contributed by atoms with Crippen molar-refractivity contribution in [2.75, 3.05) is 18.4 Å². The maximum atomic E-state index is 13.3. The monoisotopic (exact) mass is 380 g/mol. The Hall–Kier alpha value is -2.84. The second-order valence-electron chi connectivity index (χ2n) is 6.62. The molecule has 6 nitrogen and oxygen atoms in total. The molecule has 1 N–H and O–H groups in total. The van der Waals surface area contributed by atoms with Crippen LogP contribution in [0.1, 0.15) is 18.4 Å². The number of carbonyl (C=O) groups excluding carboxylic acids is 1. The molecule has 1 aliphatic rings. The summed E-state index contributed by atoms with van der Waals surface area (Å²) < 4.78 is 40.8. The Morgan fingerprint density at radius 1 is 1.19 bits per heavy atom. The highest BCUT2D eigenvalue weighted by atomic mass is 19.2. The smallest absolute Gasteiger partial charge is 0.323 e. The van der Waals surface area contributed by atoms with Crippen molar-refractivity contribution in [3.8, 4) is 0 Å². The normalized spacial score (nSPS) is 15.0. The van der Waals surface area contributed by atoms with Gasteiger partial charge in [-0.15, -0.1) is 0 Å². The minimum atomic E-state index is -1.46. The molecule has 2 aromatic rings. The predicted molar refractivity (Wildman–Crippen MR) is 92.8 cm³/mol. The van der Waals surface area contributed by atoms with Crippen LogP contribution in [0.3, 0.4) is 0 Å². The van der Waals surface area contributed by atoms with Crippen molar-refractivity contribution in [1.29, 1.82) is 0 Å². The number of likely N-dealkylation sites (tertiary alicyclic amines) is 1. The van der Waals surface area contributed by atoms with Gasteiger partial charge in [-0.3, -0.25) is 10.1 Å². The lowest BCUT2D eigenvalue weighted by atomic mass is 9.90. The Morgan fingerprint density at radius 3 is 2.41 bits per heavy atom. The van der Waals surface area contributed by atoms with Crippen molar-refractivity contribution in [2.24, 2.45) is 13.0 Å². The van der Waals surface area contributed by atoms with E-state index in [-0.39, 0.29) is 23.3 Å². The van der Waals surface area contributed by atoms with Gasteiger partial charge in [0.1, 0.15) is 0 Å². The molecule has 1 aromatic heterocycles. The van der Waals surface area contributed by atoms with Gasteiger partial charge in [0.2, 0.25) is 0 Å². The van der Waals surface area contributed by atoms with Crippen molar-refractivity contribution >= 4 is 11.8 Å². The van der Waals surface area contributed by atoms with Gasteiger partial charge >= 0.3 is 6.03 Å². The van der Waals surface area contributed by atoms with E-state index in [1.165, 1.54) is 19.2 Å². The molecule has 1 aromatic carbocycles. The number of benzene rings is 1. The van der Waals surface area contributed by atoms with Gasteiger partial charge < -0.3 is 4.90 Å². The van der Waals surface area contributed by atoms with Crippen LogP contribution in [0.4, 0.5) is 23.8 Å². The molecular weight excluding hydrogens is 361 g/mol. The van der Waals surface area contributed by atoms with Crippen LogP contribution in [-0.2, 0) is 13.5 Å². The summed E-state index contributed by atoms with van der Waals surface area (Å²) in [6, 6.07) is 4.46. The lowest BCUT2D eigenvalue weighted by molar-refractivity contribution is 0.182. The molecule has 27 heavy (non-hydrogen) atoms. The van der Waals surface area contributed by atoms with Crippen LogP contribution in [0.2, 0.25) is 0 Å². The number of nitrogens with one attached hydrogen (secondary N) is 1. The third-order valence-corrected chi connectivity index (χ3v) is 4.67. The first-order chi connectivity index (χ1) is 12.8. The van der Waals surface area contributed by atoms with Crippen molar-refractivity contribution in [1.82, 2.24) is 14.7 Å². The fourth-order valence-corrected chi connectivity index (χ4v) is 3.16. The second-order valence-corrected chi connectivity index (χ2v) is 6.62. The molecule has 3 rings (SSSR count). The number of hydrogen-bond acceptors (Lipinski definition) is 3. The number of piperidine rings is 1. The van der Waals surface area contributed by atoms with Gasteiger partial charge in [-0.1, -0.05) is 0 Å². The Labute approximate surface area is 153 Å². The van der Waals surface area contributed by atoms with E-state index in [1.807, 2.05) is 0 Å². The quantitative estimate of drug-likeness (QED) is 0.833. The molecular formula is C18H19F3N4O2. The number of carbonyl (C=O) groups is 1. The molecule has 0 radical (unpaired) electrons. The SMILES string of the molecule is Cn1nc(NC(=O)N2CCC(Cc3cc(F)c(F)c(F)c3)CC2)ccc1=O. The van der Waals surface area contributed by atoms with Gasteiger partial charge in [-0.2, -0.15) is 5.10 Å². The average molecular weight is 380 g/mol. The summed E-state index contributed by atoms with van der Waals surface area (Å²) in [4.78, 5) is 25.2. The minimum Gasteiger partial charge on any atom is -0.324 e. The standard InChI is InChI=1S/C18H19F3N4O2/c1-24-16(26)3-2-15(23-24)22-18(27)25-6-4-11(5-7-25)8-12-9-13(19)17(21)14(20)10-12/h2-3,9-11H,4-8H2,1H3,(H,22,23,27). The van der Waals surface area contributed by atoms with E-state index in [2.05, 4.69) is 10.4 Å². The highest BCUT2D eigenvalue weighted by molar-refractivity contribution is 5.88. The fraction of sp³-hybridized carbons (Fsp3) is 0.389. The zero-order valence-corrected chi connectivity index (χ0v) is 14.7. The molecule has 1 aliphatic heterocycles. The molecule has 2 amide bonds. The fourth-order valence-electron chi connectivity index (χ4n) is 3.16. The Kier molecular flexibility index (Phi) is 5.48. The topological polar surface area (TPSA) is 67.2 Å². The van der Waals surface area contributed by atoms with Gasteiger partial charge in [0.25, 0.3) is 5.56 Å². The third kappa shape index (κ3) is 4.47. The first-order valence-electron chi connectivity index (χ1n) is 8.57. The number of nitrogens with zero attached hydrogens (tertiary/aromatic N) is 3. The van der Waals surface area contributed by atoms with E-state index in [9.17, 15) is 22.8 Å². The summed E-state index contributed by atoms with van der Waals surface area (Å²) in [5, 5.41) is 6.59. The van der Waals surface area contributed by atoms with Crippen molar-refractivity contribution < 1.29 is 18.0 Å². The summed E-state index contributed by atoms with van der Waals surface area (Å²) >= 11 is 0. The van der Waals surface area contributed by atoms with Crippen LogP contribution in [0.25, 0.3) is 0 Å². The molecule has 0 atom stereocenters. The number of urea groups is 1. The van der Waals surface area contributed by atoms with Gasteiger partial charge in [0.05, 0.1) is 0 Å². The largest absolute Gasteiger partial charge is 0.324 e. The van der Waals surface area contributed by atoms with E-state index in [1.54, 1.807) is 4.90 Å². The molecule has 0 unspecified atom stereocenters. The zero-order chi connectivity index (χ0) is 19.6. The van der Waals surface area contributed by atoms with Crippen molar-refractivity contribution in [2.45, 2.75) is 19.3 Å². The number of aryl methyl sites for hydroxylation is 1. The molecule has 0 bridgehead atoms. The Bertz CT molecular complexity index is 885. The lowest BCUT2D eigenvalue weighted by Crippen LogP contribution is -2.41. The van der Waals surface area contributed by atoms with Crippen molar-refractivity contribution in [3.05, 3.63) is 57.6 Å². The van der Waals surface area contributed by atoms with Crippen LogP contribution < -0.4 is 10.9 Å². The molecule has 2 heterocycles. The first-order valence-corrected chi connectivity index (χ1v) is 8.57. The molecule has 0 aliphatic carbocycles. The molecule has 1 saturated heterocycles. The first kappa shape index (κ1) is 18.9. The molecule has 144 valence electrons. The average Bonchev–Trinajstić information content (AvgIpc) is 2.63. The Morgan fingerprint density at radius 2 is 1.81 bits per heavy atom. The van der Waals surface area contributed by atoms with Crippen LogP contribution in [0, 0.1) is 23.4 Å². The maximum absolute atomic E-state index is 13.3.